The van der Waals surface area contributed by atoms with Gasteiger partial charge in [-0.2, -0.15) is 0 Å². The van der Waals surface area contributed by atoms with Crippen molar-refractivity contribution in [1.82, 2.24) is 24.5 Å². The molecule has 0 aliphatic carbocycles. The molecule has 2 aliphatic rings. The maximum Gasteiger partial charge on any atom is 0.241 e. The lowest BCUT2D eigenvalue weighted by Gasteiger charge is -2.32. The Kier molecular flexibility index (Phi) is 5.32. The molecule has 9 heteroatoms. The molecule has 6 rings (SSSR count). The van der Waals surface area contributed by atoms with Gasteiger partial charge in [-0.3, -0.25) is 4.79 Å². The monoisotopic (exact) mass is 471 g/mol. The molecule has 2 fully saturated rings. The Labute approximate surface area is 202 Å². The second-order valence-corrected chi connectivity index (χ2v) is 9.13. The molecule has 2 aliphatic heterocycles. The average molecular weight is 472 g/mol. The van der Waals surface area contributed by atoms with Crippen LogP contribution in [0.4, 0.5) is 16.0 Å². The molecule has 0 N–H and O–H groups in total. The van der Waals surface area contributed by atoms with E-state index in [0.29, 0.717) is 13.1 Å². The molecule has 0 radical (unpaired) electrons. The van der Waals surface area contributed by atoms with Gasteiger partial charge in [-0.15, -0.1) is 5.10 Å². The van der Waals surface area contributed by atoms with E-state index < -0.39 is 0 Å². The second kappa shape index (κ2) is 8.65. The van der Waals surface area contributed by atoms with Gasteiger partial charge in [-0.05, 0) is 54.8 Å². The molecule has 0 bridgehead atoms. The van der Waals surface area contributed by atoms with Crippen LogP contribution in [-0.4, -0.2) is 63.6 Å². The summed E-state index contributed by atoms with van der Waals surface area (Å²) in [6.07, 6.45) is 3.75. The highest BCUT2D eigenvalue weighted by Gasteiger charge is 2.28. The van der Waals surface area contributed by atoms with E-state index in [1.54, 1.807) is 23.2 Å². The molecule has 0 spiro atoms. The van der Waals surface area contributed by atoms with Crippen molar-refractivity contribution in [2.45, 2.75) is 18.9 Å². The Balaban J connectivity index is 1.34. The first-order valence-electron chi connectivity index (χ1n) is 11.9. The summed E-state index contributed by atoms with van der Waals surface area (Å²) in [6, 6.07) is 16.7. The number of halogens is 1. The van der Waals surface area contributed by atoms with Crippen LogP contribution in [-0.2, 0) is 4.79 Å². The van der Waals surface area contributed by atoms with E-state index in [9.17, 15) is 9.18 Å². The predicted octanol–water partition coefficient (Wildman–Crippen LogP) is 3.55. The van der Waals surface area contributed by atoms with Gasteiger partial charge in [0.2, 0.25) is 5.91 Å². The summed E-state index contributed by atoms with van der Waals surface area (Å²) in [5.74, 6) is 1.45. The number of likely N-dealkylation sites (N-methyl/N-ethyl adjacent to an activating group) is 1. The van der Waals surface area contributed by atoms with Gasteiger partial charge in [0.1, 0.15) is 23.1 Å². The highest BCUT2D eigenvalue weighted by atomic mass is 19.1. The third-order valence-corrected chi connectivity index (χ3v) is 6.91. The van der Waals surface area contributed by atoms with Crippen LogP contribution in [0.15, 0.2) is 60.8 Å². The molecule has 1 aromatic carbocycles. The van der Waals surface area contributed by atoms with Crippen molar-refractivity contribution in [2.24, 2.45) is 0 Å². The predicted molar refractivity (Wildman–Crippen MR) is 132 cm³/mol. The topological polar surface area (TPSA) is 69.9 Å². The number of aromatic nitrogens is 4. The maximum absolute atomic E-state index is 13.9. The highest BCUT2D eigenvalue weighted by Crippen LogP contribution is 2.35. The molecule has 5 heterocycles. The minimum Gasteiger partial charge on any atom is -0.348 e. The van der Waals surface area contributed by atoms with Crippen LogP contribution < -0.4 is 9.80 Å². The SMILES string of the molecule is CN1CCN(c2cccc(-c3cnc4ccc(N5CCC[C@@H]5c5cccc(F)c5)nn34)n2)CC1=O. The van der Waals surface area contributed by atoms with E-state index in [-0.39, 0.29) is 17.8 Å². The van der Waals surface area contributed by atoms with Gasteiger partial charge in [0.25, 0.3) is 0 Å². The lowest BCUT2D eigenvalue weighted by Crippen LogP contribution is -2.48. The summed E-state index contributed by atoms with van der Waals surface area (Å²) >= 11 is 0. The number of carbonyl (C=O) groups excluding carboxylic acids is 1. The molecule has 1 amide bonds. The standard InChI is InChI=1S/C26H26FN7O/c1-31-13-14-32(17-26(31)35)24-9-3-7-20(29-24)22-16-28-23-10-11-25(30-34(22)23)33-12-4-8-21(33)18-5-2-6-19(27)15-18/h2-3,5-7,9-11,15-16,21H,4,8,12-14,17H2,1H3/t21-/m1/s1. The van der Waals surface area contributed by atoms with Gasteiger partial charge in [0.15, 0.2) is 5.65 Å². The van der Waals surface area contributed by atoms with E-state index in [1.165, 1.54) is 6.07 Å². The van der Waals surface area contributed by atoms with E-state index in [4.69, 9.17) is 10.1 Å². The van der Waals surface area contributed by atoms with Crippen molar-refractivity contribution in [1.29, 1.82) is 0 Å². The van der Waals surface area contributed by atoms with Crippen molar-refractivity contribution in [3.8, 4) is 11.4 Å². The smallest absolute Gasteiger partial charge is 0.241 e. The van der Waals surface area contributed by atoms with Gasteiger partial charge in [-0.25, -0.2) is 18.9 Å². The Morgan fingerprint density at radius 2 is 1.89 bits per heavy atom. The Morgan fingerprint density at radius 1 is 1.00 bits per heavy atom. The molecule has 0 saturated carbocycles. The average Bonchev–Trinajstić information content (AvgIpc) is 3.53. The molecule has 3 aromatic heterocycles. The number of anilines is 2. The fourth-order valence-electron chi connectivity index (χ4n) is 4.99. The van der Waals surface area contributed by atoms with E-state index in [1.807, 2.05) is 52.9 Å². The maximum atomic E-state index is 13.9. The van der Waals surface area contributed by atoms with Crippen molar-refractivity contribution in [2.75, 3.05) is 43.0 Å². The van der Waals surface area contributed by atoms with Crippen LogP contribution >= 0.6 is 0 Å². The van der Waals surface area contributed by atoms with Gasteiger partial charge in [0, 0.05) is 26.7 Å². The minimum absolute atomic E-state index is 0.0823. The summed E-state index contributed by atoms with van der Waals surface area (Å²) in [6.45, 7) is 2.59. The fraction of sp³-hybridized carbons (Fsp3) is 0.308. The number of amides is 1. The largest absolute Gasteiger partial charge is 0.348 e. The van der Waals surface area contributed by atoms with Gasteiger partial charge in [-0.1, -0.05) is 18.2 Å². The lowest BCUT2D eigenvalue weighted by molar-refractivity contribution is -0.129. The number of rotatable bonds is 4. The van der Waals surface area contributed by atoms with Crippen LogP contribution in [0.5, 0.6) is 0 Å². The molecule has 1 atom stereocenters. The van der Waals surface area contributed by atoms with Crippen LogP contribution in [0.3, 0.4) is 0 Å². The molecule has 2 saturated heterocycles. The summed E-state index contributed by atoms with van der Waals surface area (Å²) in [7, 11) is 1.82. The van der Waals surface area contributed by atoms with Gasteiger partial charge in [0.05, 0.1) is 24.5 Å². The lowest BCUT2D eigenvalue weighted by atomic mass is 10.0. The van der Waals surface area contributed by atoms with Crippen molar-refractivity contribution >= 4 is 23.2 Å². The van der Waals surface area contributed by atoms with Crippen molar-refractivity contribution in [3.05, 3.63) is 72.2 Å². The van der Waals surface area contributed by atoms with E-state index in [0.717, 1.165) is 60.2 Å². The zero-order valence-electron chi connectivity index (χ0n) is 19.5. The molecule has 4 aromatic rings. The Morgan fingerprint density at radius 3 is 2.74 bits per heavy atom. The van der Waals surface area contributed by atoms with Gasteiger partial charge < -0.3 is 14.7 Å². The second-order valence-electron chi connectivity index (χ2n) is 9.13. The first kappa shape index (κ1) is 21.5. The van der Waals surface area contributed by atoms with Gasteiger partial charge >= 0.3 is 0 Å². The highest BCUT2D eigenvalue weighted by molar-refractivity contribution is 5.82. The van der Waals surface area contributed by atoms with Crippen molar-refractivity contribution in [3.63, 3.8) is 0 Å². The quantitative estimate of drug-likeness (QED) is 0.454. The first-order valence-corrected chi connectivity index (χ1v) is 11.9. The molecular weight excluding hydrogens is 445 g/mol. The normalized spacial score (nSPS) is 18.6. The van der Waals surface area contributed by atoms with Crippen LogP contribution in [0.25, 0.3) is 17.0 Å². The number of nitrogens with zero attached hydrogens (tertiary/aromatic N) is 7. The summed E-state index contributed by atoms with van der Waals surface area (Å²) in [4.78, 5) is 27.5. The van der Waals surface area contributed by atoms with E-state index >= 15 is 0 Å². The third kappa shape index (κ3) is 3.96. The number of hydrogen-bond donors (Lipinski definition) is 0. The molecule has 8 nitrogen and oxygen atoms in total. The summed E-state index contributed by atoms with van der Waals surface area (Å²) in [5.41, 5.74) is 3.22. The zero-order chi connectivity index (χ0) is 23.9. The number of imidazole rings is 1. The van der Waals surface area contributed by atoms with E-state index in [2.05, 4.69) is 9.88 Å². The number of hydrogen-bond acceptors (Lipinski definition) is 6. The zero-order valence-corrected chi connectivity index (χ0v) is 19.5. The Hall–Kier alpha value is -4.01. The van der Waals surface area contributed by atoms with Crippen LogP contribution in [0, 0.1) is 5.82 Å². The molecule has 178 valence electrons. The van der Waals surface area contributed by atoms with Crippen LogP contribution in [0.1, 0.15) is 24.4 Å². The fourth-order valence-corrected chi connectivity index (χ4v) is 4.99. The number of carbonyl (C=O) groups is 1. The molecule has 35 heavy (non-hydrogen) atoms. The number of fused-ring (bicyclic) bond motifs is 1. The Bertz CT molecular complexity index is 1400. The molecule has 0 unspecified atom stereocenters. The van der Waals surface area contributed by atoms with Crippen molar-refractivity contribution < 1.29 is 9.18 Å². The first-order chi connectivity index (χ1) is 17.1. The summed E-state index contributed by atoms with van der Waals surface area (Å²) < 4.78 is 15.7. The molecular formula is C26H26FN7O. The minimum atomic E-state index is -0.220. The summed E-state index contributed by atoms with van der Waals surface area (Å²) in [5, 5.41) is 4.93. The number of piperazine rings is 1. The third-order valence-electron chi connectivity index (χ3n) is 6.91. The van der Waals surface area contributed by atoms with Crippen LogP contribution in [0.2, 0.25) is 0 Å². The number of benzene rings is 1. The number of pyridine rings is 1.